The van der Waals surface area contributed by atoms with Gasteiger partial charge in [-0.1, -0.05) is 0 Å². The molecule has 1 rings (SSSR count). The predicted molar refractivity (Wildman–Crippen MR) is 63.7 cm³/mol. The molecular weight excluding hydrogens is 260 g/mol. The van der Waals surface area contributed by atoms with E-state index >= 15 is 0 Å². The lowest BCUT2D eigenvalue weighted by Gasteiger charge is -2.11. The second kappa shape index (κ2) is 5.69. The van der Waals surface area contributed by atoms with Crippen LogP contribution in [0.15, 0.2) is 23.1 Å². The summed E-state index contributed by atoms with van der Waals surface area (Å²) in [4.78, 5) is 12.5. The number of sulfonamides is 1. The van der Waals surface area contributed by atoms with Crippen LogP contribution in [0.25, 0.3) is 0 Å². The van der Waals surface area contributed by atoms with E-state index in [4.69, 9.17) is 9.47 Å². The molecule has 7 nitrogen and oxygen atoms in total. The minimum absolute atomic E-state index is 0.127. The third-order valence-corrected chi connectivity index (χ3v) is 3.29. The summed E-state index contributed by atoms with van der Waals surface area (Å²) in [6.45, 7) is 1.19. The SMILES string of the molecule is COc1ccc(OC)c(S(=O)(=O)NNC(C)=O)c1. The Morgan fingerprint density at radius 1 is 1.22 bits per heavy atom. The summed E-state index contributed by atoms with van der Waals surface area (Å²) in [6, 6.07) is 4.32. The fourth-order valence-electron chi connectivity index (χ4n) is 1.19. The van der Waals surface area contributed by atoms with Crippen molar-refractivity contribution in [3.63, 3.8) is 0 Å². The molecule has 0 spiro atoms. The molecule has 1 amide bonds. The Balaban J connectivity index is 3.16. The monoisotopic (exact) mass is 274 g/mol. The predicted octanol–water partition coefficient (Wildman–Crippen LogP) is 0.0332. The van der Waals surface area contributed by atoms with E-state index in [2.05, 4.69) is 0 Å². The van der Waals surface area contributed by atoms with Crippen LogP contribution in [0, 0.1) is 0 Å². The fraction of sp³-hybridized carbons (Fsp3) is 0.300. The van der Waals surface area contributed by atoms with Crippen LogP contribution in [-0.4, -0.2) is 28.5 Å². The van der Waals surface area contributed by atoms with Crippen molar-refractivity contribution in [3.05, 3.63) is 18.2 Å². The Labute approximate surface area is 105 Å². The highest BCUT2D eigenvalue weighted by atomic mass is 32.2. The molecule has 0 aromatic heterocycles. The summed E-state index contributed by atoms with van der Waals surface area (Å²) < 4.78 is 33.7. The van der Waals surface area contributed by atoms with Crippen molar-refractivity contribution in [2.24, 2.45) is 0 Å². The van der Waals surface area contributed by atoms with Gasteiger partial charge in [0.05, 0.1) is 14.2 Å². The van der Waals surface area contributed by atoms with Gasteiger partial charge in [0, 0.05) is 13.0 Å². The summed E-state index contributed by atoms with van der Waals surface area (Å²) in [5.74, 6) is -0.0203. The fourth-order valence-corrected chi connectivity index (χ4v) is 2.26. The van der Waals surface area contributed by atoms with Crippen LogP contribution in [-0.2, 0) is 14.8 Å². The zero-order valence-corrected chi connectivity index (χ0v) is 11.0. The number of rotatable bonds is 5. The second-order valence-corrected chi connectivity index (χ2v) is 4.95. The average molecular weight is 274 g/mol. The van der Waals surface area contributed by atoms with Crippen molar-refractivity contribution >= 4 is 15.9 Å². The van der Waals surface area contributed by atoms with Gasteiger partial charge in [-0.15, -0.1) is 4.83 Å². The first-order chi connectivity index (χ1) is 8.40. The lowest BCUT2D eigenvalue weighted by atomic mass is 10.3. The Bertz CT molecular complexity index is 541. The van der Waals surface area contributed by atoms with Crippen LogP contribution in [0.1, 0.15) is 6.92 Å². The number of amides is 1. The summed E-state index contributed by atoms with van der Waals surface area (Å²) in [6.07, 6.45) is 0. The molecule has 0 saturated heterocycles. The molecule has 1 aromatic carbocycles. The van der Waals surface area contributed by atoms with E-state index in [1.54, 1.807) is 6.07 Å². The van der Waals surface area contributed by atoms with Crippen molar-refractivity contribution in [2.45, 2.75) is 11.8 Å². The Morgan fingerprint density at radius 2 is 1.89 bits per heavy atom. The molecule has 0 atom stereocenters. The zero-order chi connectivity index (χ0) is 13.8. The maximum absolute atomic E-state index is 11.9. The van der Waals surface area contributed by atoms with Crippen molar-refractivity contribution in [2.75, 3.05) is 14.2 Å². The first-order valence-corrected chi connectivity index (χ1v) is 6.39. The third-order valence-electron chi connectivity index (χ3n) is 2.02. The van der Waals surface area contributed by atoms with E-state index in [-0.39, 0.29) is 10.6 Å². The van der Waals surface area contributed by atoms with Crippen LogP contribution in [0.3, 0.4) is 0 Å². The number of hydrogen-bond acceptors (Lipinski definition) is 5. The number of hydrogen-bond donors (Lipinski definition) is 2. The average Bonchev–Trinajstić information content (AvgIpc) is 2.35. The number of methoxy groups -OCH3 is 2. The number of ether oxygens (including phenoxy) is 2. The van der Waals surface area contributed by atoms with Gasteiger partial charge in [-0.25, -0.2) is 8.42 Å². The largest absolute Gasteiger partial charge is 0.497 e. The van der Waals surface area contributed by atoms with Gasteiger partial charge in [0.1, 0.15) is 16.4 Å². The van der Waals surface area contributed by atoms with Gasteiger partial charge in [-0.2, -0.15) is 0 Å². The molecule has 0 heterocycles. The smallest absolute Gasteiger partial charge is 0.261 e. The molecule has 0 saturated carbocycles. The summed E-state index contributed by atoms with van der Waals surface area (Å²) >= 11 is 0. The van der Waals surface area contributed by atoms with E-state index in [0.29, 0.717) is 5.75 Å². The molecule has 0 radical (unpaired) electrons. The Hall–Kier alpha value is -1.80. The minimum atomic E-state index is -3.92. The van der Waals surface area contributed by atoms with Crippen molar-refractivity contribution in [3.8, 4) is 11.5 Å². The topological polar surface area (TPSA) is 93.7 Å². The standard InChI is InChI=1S/C10H14N2O5S/c1-7(13)11-12-18(14,15)10-6-8(16-2)4-5-9(10)17-3/h4-6,12H,1-3H3,(H,11,13). The normalized spacial score (nSPS) is 10.8. The van der Waals surface area contributed by atoms with E-state index in [9.17, 15) is 13.2 Å². The second-order valence-electron chi connectivity index (χ2n) is 3.30. The number of nitrogens with one attached hydrogen (secondary N) is 2. The molecule has 100 valence electrons. The summed E-state index contributed by atoms with van der Waals surface area (Å²) in [5.41, 5.74) is 2.00. The Morgan fingerprint density at radius 3 is 2.39 bits per heavy atom. The highest BCUT2D eigenvalue weighted by Gasteiger charge is 2.20. The molecule has 2 N–H and O–H groups in total. The molecule has 0 fully saturated rings. The van der Waals surface area contributed by atoms with Crippen molar-refractivity contribution in [1.82, 2.24) is 10.3 Å². The highest BCUT2D eigenvalue weighted by molar-refractivity contribution is 7.89. The third kappa shape index (κ3) is 3.34. The summed E-state index contributed by atoms with van der Waals surface area (Å²) in [7, 11) is -1.16. The first-order valence-electron chi connectivity index (χ1n) is 4.91. The van der Waals surface area contributed by atoms with E-state index < -0.39 is 15.9 Å². The van der Waals surface area contributed by atoms with Gasteiger partial charge in [-0.3, -0.25) is 10.2 Å². The van der Waals surface area contributed by atoms with Crippen LogP contribution >= 0.6 is 0 Å². The zero-order valence-electron chi connectivity index (χ0n) is 10.2. The molecule has 0 aliphatic heterocycles. The molecule has 0 aliphatic rings. The van der Waals surface area contributed by atoms with E-state index in [1.807, 2.05) is 10.3 Å². The van der Waals surface area contributed by atoms with Gasteiger partial charge in [0.2, 0.25) is 5.91 Å². The maximum atomic E-state index is 11.9. The first kappa shape index (κ1) is 14.3. The molecule has 1 aromatic rings. The molecule has 0 bridgehead atoms. The number of carbonyl (C=O) groups is 1. The van der Waals surface area contributed by atoms with E-state index in [1.165, 1.54) is 33.3 Å². The van der Waals surface area contributed by atoms with Gasteiger partial charge in [-0.05, 0) is 12.1 Å². The van der Waals surface area contributed by atoms with Crippen molar-refractivity contribution in [1.29, 1.82) is 0 Å². The highest BCUT2D eigenvalue weighted by Crippen LogP contribution is 2.27. The number of carbonyl (C=O) groups excluding carboxylic acids is 1. The van der Waals surface area contributed by atoms with Crippen LogP contribution < -0.4 is 19.7 Å². The minimum Gasteiger partial charge on any atom is -0.497 e. The van der Waals surface area contributed by atoms with Crippen LogP contribution in [0.2, 0.25) is 0 Å². The number of hydrazine groups is 1. The number of benzene rings is 1. The quantitative estimate of drug-likeness (QED) is 0.739. The summed E-state index contributed by atoms with van der Waals surface area (Å²) in [5, 5.41) is 0. The van der Waals surface area contributed by atoms with E-state index in [0.717, 1.165) is 0 Å². The Kier molecular flexibility index (Phi) is 4.51. The van der Waals surface area contributed by atoms with Gasteiger partial charge >= 0.3 is 0 Å². The van der Waals surface area contributed by atoms with Gasteiger partial charge in [0.25, 0.3) is 10.0 Å². The molecule has 18 heavy (non-hydrogen) atoms. The molecule has 0 aliphatic carbocycles. The lowest BCUT2D eigenvalue weighted by Crippen LogP contribution is -2.40. The molecule has 0 unspecified atom stereocenters. The molecule has 8 heteroatoms. The van der Waals surface area contributed by atoms with Crippen LogP contribution in [0.5, 0.6) is 11.5 Å². The maximum Gasteiger partial charge on any atom is 0.261 e. The van der Waals surface area contributed by atoms with Crippen molar-refractivity contribution < 1.29 is 22.7 Å². The molecular formula is C10H14N2O5S. The van der Waals surface area contributed by atoms with Gasteiger partial charge in [0.15, 0.2) is 0 Å². The van der Waals surface area contributed by atoms with Gasteiger partial charge < -0.3 is 9.47 Å². The lowest BCUT2D eigenvalue weighted by molar-refractivity contribution is -0.119. The van der Waals surface area contributed by atoms with Crippen LogP contribution in [0.4, 0.5) is 0 Å².